The van der Waals surface area contributed by atoms with E-state index in [0.29, 0.717) is 10.4 Å². The number of thiophene rings is 1. The van der Waals surface area contributed by atoms with E-state index in [4.69, 9.17) is 0 Å². The first-order valence-corrected chi connectivity index (χ1v) is 8.89. The van der Waals surface area contributed by atoms with E-state index in [2.05, 4.69) is 10.2 Å². The maximum Gasteiger partial charge on any atom is 0.251 e. The number of anilines is 1. The van der Waals surface area contributed by atoms with Crippen LogP contribution < -0.4 is 10.2 Å². The summed E-state index contributed by atoms with van der Waals surface area (Å²) in [5, 5.41) is 14.1. The summed E-state index contributed by atoms with van der Waals surface area (Å²) in [6, 6.07) is 10.9. The highest BCUT2D eigenvalue weighted by molar-refractivity contribution is 7.12. The van der Waals surface area contributed by atoms with Crippen LogP contribution in [-0.2, 0) is 0 Å². The highest BCUT2D eigenvalue weighted by atomic mass is 32.1. The van der Waals surface area contributed by atoms with Crippen molar-refractivity contribution >= 4 is 28.7 Å². The number of nitrogens with zero attached hydrogens (tertiary/aromatic N) is 1. The Morgan fingerprint density at radius 1 is 1.17 bits per heavy atom. The van der Waals surface area contributed by atoms with Gasteiger partial charge in [-0.3, -0.25) is 9.59 Å². The standard InChI is InChI=1S/C18H20N2O3S/c21-15-7-9-20(10-8-15)14-5-3-13(4-6-14)18(23)19-12-16(22)17-2-1-11-24-17/h1-6,11,15,21H,7-10,12H2,(H,19,23). The Labute approximate surface area is 144 Å². The molecule has 1 saturated heterocycles. The van der Waals surface area contributed by atoms with Crippen molar-refractivity contribution < 1.29 is 14.7 Å². The van der Waals surface area contributed by atoms with Crippen molar-refractivity contribution in [1.29, 1.82) is 0 Å². The third-order valence-electron chi connectivity index (χ3n) is 4.16. The molecular weight excluding hydrogens is 324 g/mol. The third kappa shape index (κ3) is 4.01. The summed E-state index contributed by atoms with van der Waals surface area (Å²) < 4.78 is 0. The molecule has 1 amide bonds. The number of hydrogen-bond acceptors (Lipinski definition) is 5. The van der Waals surface area contributed by atoms with Gasteiger partial charge in [-0.15, -0.1) is 11.3 Å². The van der Waals surface area contributed by atoms with E-state index >= 15 is 0 Å². The fraction of sp³-hybridized carbons (Fsp3) is 0.333. The second-order valence-electron chi connectivity index (χ2n) is 5.85. The van der Waals surface area contributed by atoms with Crippen LogP contribution in [-0.4, -0.2) is 42.5 Å². The van der Waals surface area contributed by atoms with E-state index in [0.717, 1.165) is 31.6 Å². The fourth-order valence-corrected chi connectivity index (χ4v) is 3.40. The number of Topliss-reactive ketones (excluding diaryl/α,β-unsaturated/α-hetero) is 1. The second-order valence-corrected chi connectivity index (χ2v) is 6.80. The molecule has 0 spiro atoms. The van der Waals surface area contributed by atoms with Crippen molar-refractivity contribution in [3.8, 4) is 0 Å². The molecule has 0 bridgehead atoms. The highest BCUT2D eigenvalue weighted by Crippen LogP contribution is 2.20. The van der Waals surface area contributed by atoms with Gasteiger partial charge in [0.15, 0.2) is 5.78 Å². The van der Waals surface area contributed by atoms with Crippen molar-refractivity contribution in [3.05, 3.63) is 52.2 Å². The maximum atomic E-state index is 12.1. The van der Waals surface area contributed by atoms with Crippen molar-refractivity contribution in [2.75, 3.05) is 24.5 Å². The van der Waals surface area contributed by atoms with Gasteiger partial charge in [-0.2, -0.15) is 0 Å². The molecule has 126 valence electrons. The topological polar surface area (TPSA) is 69.6 Å². The van der Waals surface area contributed by atoms with Crippen LogP contribution in [0.1, 0.15) is 32.9 Å². The summed E-state index contributed by atoms with van der Waals surface area (Å²) in [6.07, 6.45) is 1.34. The molecule has 3 rings (SSSR count). The number of nitrogens with one attached hydrogen (secondary N) is 1. The highest BCUT2D eigenvalue weighted by Gasteiger charge is 2.17. The Bertz CT molecular complexity index is 690. The molecule has 0 radical (unpaired) electrons. The number of hydrogen-bond donors (Lipinski definition) is 2. The Morgan fingerprint density at radius 3 is 2.50 bits per heavy atom. The minimum atomic E-state index is -0.250. The van der Waals surface area contributed by atoms with E-state index < -0.39 is 0 Å². The van der Waals surface area contributed by atoms with Crippen LogP contribution in [0.2, 0.25) is 0 Å². The van der Waals surface area contributed by atoms with E-state index in [1.807, 2.05) is 23.6 Å². The Hall–Kier alpha value is -2.18. The molecule has 0 aliphatic carbocycles. The summed E-state index contributed by atoms with van der Waals surface area (Å²) in [5.74, 6) is -0.331. The molecule has 2 N–H and O–H groups in total. The SMILES string of the molecule is O=C(NCC(=O)c1cccs1)c1ccc(N2CCC(O)CC2)cc1. The van der Waals surface area contributed by atoms with Gasteiger partial charge >= 0.3 is 0 Å². The number of carbonyl (C=O) groups excluding carboxylic acids is 2. The van der Waals surface area contributed by atoms with E-state index in [1.54, 1.807) is 18.2 Å². The van der Waals surface area contributed by atoms with Crippen LogP contribution >= 0.6 is 11.3 Å². The van der Waals surface area contributed by atoms with E-state index in [-0.39, 0.29) is 24.3 Å². The summed E-state index contributed by atoms with van der Waals surface area (Å²) in [6.45, 7) is 1.65. The predicted molar refractivity (Wildman–Crippen MR) is 94.9 cm³/mol. The molecule has 1 aliphatic rings. The van der Waals surface area contributed by atoms with E-state index in [1.165, 1.54) is 11.3 Å². The number of rotatable bonds is 5. The second kappa shape index (κ2) is 7.59. The molecule has 6 heteroatoms. The smallest absolute Gasteiger partial charge is 0.251 e. The first-order valence-electron chi connectivity index (χ1n) is 8.01. The molecule has 24 heavy (non-hydrogen) atoms. The van der Waals surface area contributed by atoms with E-state index in [9.17, 15) is 14.7 Å². The van der Waals surface area contributed by atoms with Gasteiger partial charge < -0.3 is 15.3 Å². The molecule has 5 nitrogen and oxygen atoms in total. The largest absolute Gasteiger partial charge is 0.393 e. The van der Waals surface area contributed by atoms with Gasteiger partial charge in [0.05, 0.1) is 17.5 Å². The summed E-state index contributed by atoms with van der Waals surface area (Å²) in [5.41, 5.74) is 1.59. The first kappa shape index (κ1) is 16.7. The molecule has 1 aromatic carbocycles. The molecule has 2 heterocycles. The lowest BCUT2D eigenvalue weighted by Gasteiger charge is -2.31. The van der Waals surface area contributed by atoms with Gasteiger partial charge in [-0.05, 0) is 48.6 Å². The molecule has 2 aromatic rings. The summed E-state index contributed by atoms with van der Waals surface area (Å²) in [7, 11) is 0. The maximum absolute atomic E-state index is 12.1. The van der Waals surface area contributed by atoms with Crippen molar-refractivity contribution in [1.82, 2.24) is 5.32 Å². The average Bonchev–Trinajstić information content (AvgIpc) is 3.15. The van der Waals surface area contributed by atoms with Crippen LogP contribution in [0.15, 0.2) is 41.8 Å². The minimum Gasteiger partial charge on any atom is -0.393 e. The minimum absolute atomic E-state index is 0.00507. The zero-order valence-corrected chi connectivity index (χ0v) is 14.1. The number of benzene rings is 1. The molecule has 1 fully saturated rings. The Morgan fingerprint density at radius 2 is 1.88 bits per heavy atom. The fourth-order valence-electron chi connectivity index (χ4n) is 2.73. The molecule has 0 saturated carbocycles. The zero-order valence-electron chi connectivity index (χ0n) is 13.3. The number of piperidine rings is 1. The van der Waals surface area contributed by atoms with Gasteiger partial charge in [-0.1, -0.05) is 6.07 Å². The van der Waals surface area contributed by atoms with Crippen molar-refractivity contribution in [2.24, 2.45) is 0 Å². The molecular formula is C18H20N2O3S. The molecule has 0 unspecified atom stereocenters. The van der Waals surface area contributed by atoms with Crippen LogP contribution in [0.5, 0.6) is 0 Å². The zero-order chi connectivity index (χ0) is 16.9. The molecule has 0 atom stereocenters. The monoisotopic (exact) mass is 344 g/mol. The van der Waals surface area contributed by atoms with Crippen LogP contribution in [0, 0.1) is 0 Å². The van der Waals surface area contributed by atoms with Gasteiger partial charge in [0.1, 0.15) is 0 Å². The lowest BCUT2D eigenvalue weighted by Crippen LogP contribution is -2.35. The van der Waals surface area contributed by atoms with Crippen molar-refractivity contribution in [3.63, 3.8) is 0 Å². The normalized spacial score (nSPS) is 15.3. The van der Waals surface area contributed by atoms with Crippen LogP contribution in [0.3, 0.4) is 0 Å². The van der Waals surface area contributed by atoms with Gasteiger partial charge in [0, 0.05) is 24.3 Å². The number of amides is 1. The number of ketones is 1. The molecule has 1 aliphatic heterocycles. The number of aliphatic hydroxyl groups excluding tert-OH is 1. The number of carbonyl (C=O) groups is 2. The first-order chi connectivity index (χ1) is 11.6. The van der Waals surface area contributed by atoms with Gasteiger partial charge in [-0.25, -0.2) is 0 Å². The lowest BCUT2D eigenvalue weighted by molar-refractivity contribution is 0.0905. The quantitative estimate of drug-likeness (QED) is 0.817. The third-order valence-corrected chi connectivity index (χ3v) is 5.08. The molecule has 1 aromatic heterocycles. The van der Waals surface area contributed by atoms with Crippen molar-refractivity contribution in [2.45, 2.75) is 18.9 Å². The number of aliphatic hydroxyl groups is 1. The summed E-state index contributed by atoms with van der Waals surface area (Å²) >= 11 is 1.37. The van der Waals surface area contributed by atoms with Gasteiger partial charge in [0.25, 0.3) is 5.91 Å². The predicted octanol–water partition coefficient (Wildman–Crippen LogP) is 2.32. The van der Waals surface area contributed by atoms with Gasteiger partial charge in [0.2, 0.25) is 0 Å². The average molecular weight is 344 g/mol. The Kier molecular flexibility index (Phi) is 5.27. The van der Waals surface area contributed by atoms with Crippen LogP contribution in [0.25, 0.3) is 0 Å². The van der Waals surface area contributed by atoms with Crippen LogP contribution in [0.4, 0.5) is 5.69 Å². The Balaban J connectivity index is 1.55. The lowest BCUT2D eigenvalue weighted by atomic mass is 10.1. The summed E-state index contributed by atoms with van der Waals surface area (Å²) in [4.78, 5) is 26.9.